The molecule has 2 unspecified atom stereocenters. The fourth-order valence-electron chi connectivity index (χ4n) is 1.76. The van der Waals surface area contributed by atoms with E-state index in [2.05, 4.69) is 43.3 Å². The van der Waals surface area contributed by atoms with E-state index in [4.69, 9.17) is 5.11 Å². The van der Waals surface area contributed by atoms with Gasteiger partial charge >= 0.3 is 0 Å². The van der Waals surface area contributed by atoms with E-state index in [-0.39, 0.29) is 12.5 Å². The van der Waals surface area contributed by atoms with Gasteiger partial charge in [0.05, 0.1) is 0 Å². The minimum Gasteiger partial charge on any atom is -0.396 e. The number of aliphatic hydroxyl groups is 1. The molecule has 0 aromatic carbocycles. The number of rotatable bonds is 9. The fraction of sp³-hybridized carbons (Fsp3) is 0.933. The highest BCUT2D eigenvalue weighted by Crippen LogP contribution is 2.08. The van der Waals surface area contributed by atoms with Crippen molar-refractivity contribution in [2.75, 3.05) is 19.7 Å². The van der Waals surface area contributed by atoms with Gasteiger partial charge in [0.1, 0.15) is 0 Å². The van der Waals surface area contributed by atoms with Gasteiger partial charge in [0, 0.05) is 25.7 Å². The second-order valence-corrected chi connectivity index (χ2v) is 5.88. The number of aliphatic hydroxyl groups excluding tert-OH is 1. The van der Waals surface area contributed by atoms with Gasteiger partial charge in [0.15, 0.2) is 5.96 Å². The van der Waals surface area contributed by atoms with Crippen LogP contribution in [0.3, 0.4) is 0 Å². The third-order valence-electron chi connectivity index (χ3n) is 3.02. The predicted octanol–water partition coefficient (Wildman–Crippen LogP) is 2.38. The molecule has 0 amide bonds. The molecule has 2 atom stereocenters. The molecule has 0 saturated carbocycles. The van der Waals surface area contributed by atoms with Crippen molar-refractivity contribution in [3.8, 4) is 0 Å². The summed E-state index contributed by atoms with van der Waals surface area (Å²) in [6, 6.07) is 0.431. The van der Waals surface area contributed by atoms with Crippen LogP contribution in [0.15, 0.2) is 4.99 Å². The number of nitrogens with one attached hydrogen (secondary N) is 2. The lowest BCUT2D eigenvalue weighted by molar-refractivity contribution is 0.241. The van der Waals surface area contributed by atoms with Crippen molar-refractivity contribution >= 4 is 5.96 Å². The van der Waals surface area contributed by atoms with E-state index < -0.39 is 0 Å². The van der Waals surface area contributed by atoms with Gasteiger partial charge in [-0.25, -0.2) is 0 Å². The maximum absolute atomic E-state index is 9.02. The summed E-state index contributed by atoms with van der Waals surface area (Å²) in [7, 11) is 0. The first-order valence-electron chi connectivity index (χ1n) is 7.65. The normalized spacial score (nSPS) is 15.4. The van der Waals surface area contributed by atoms with Crippen LogP contribution in [-0.2, 0) is 0 Å². The van der Waals surface area contributed by atoms with E-state index in [0.29, 0.717) is 12.6 Å². The summed E-state index contributed by atoms with van der Waals surface area (Å²) in [6.07, 6.45) is 3.69. The lowest BCUT2D eigenvalue weighted by Crippen LogP contribution is -2.42. The molecule has 0 aromatic heterocycles. The monoisotopic (exact) mass is 271 g/mol. The molecule has 0 bridgehead atoms. The van der Waals surface area contributed by atoms with Gasteiger partial charge in [-0.05, 0) is 32.1 Å². The van der Waals surface area contributed by atoms with E-state index in [1.807, 2.05) is 6.92 Å². The minimum atomic E-state index is 0.187. The molecule has 0 fully saturated rings. The largest absolute Gasteiger partial charge is 0.396 e. The third-order valence-corrected chi connectivity index (χ3v) is 3.02. The summed E-state index contributed by atoms with van der Waals surface area (Å²) < 4.78 is 0. The molecule has 3 N–H and O–H groups in total. The quantitative estimate of drug-likeness (QED) is 0.446. The molecule has 0 saturated heterocycles. The molecule has 0 spiro atoms. The number of aliphatic imine (C=N–C) groups is 1. The Bertz CT molecular complexity index is 242. The Hall–Kier alpha value is -0.770. The molecular formula is C15H33N3O. The predicted molar refractivity (Wildman–Crippen MR) is 83.5 cm³/mol. The summed E-state index contributed by atoms with van der Waals surface area (Å²) >= 11 is 0. The van der Waals surface area contributed by atoms with Gasteiger partial charge in [-0.15, -0.1) is 0 Å². The molecule has 4 nitrogen and oxygen atoms in total. The second kappa shape index (κ2) is 11.1. The fourth-order valence-corrected chi connectivity index (χ4v) is 1.76. The summed E-state index contributed by atoms with van der Waals surface area (Å²) in [5.74, 6) is 1.85. The molecule has 0 rings (SSSR count). The molecule has 0 aliphatic carbocycles. The van der Waals surface area contributed by atoms with Crippen molar-refractivity contribution in [1.29, 1.82) is 0 Å². The van der Waals surface area contributed by atoms with Crippen LogP contribution >= 0.6 is 0 Å². The highest BCUT2D eigenvalue weighted by Gasteiger charge is 2.06. The van der Waals surface area contributed by atoms with Crippen molar-refractivity contribution in [3.63, 3.8) is 0 Å². The zero-order valence-corrected chi connectivity index (χ0v) is 13.4. The van der Waals surface area contributed by atoms with Crippen molar-refractivity contribution < 1.29 is 5.11 Å². The van der Waals surface area contributed by atoms with Crippen LogP contribution in [0.4, 0.5) is 0 Å². The third kappa shape index (κ3) is 10.8. The van der Waals surface area contributed by atoms with Gasteiger partial charge in [-0.3, -0.25) is 4.99 Å². The molecule has 0 aliphatic heterocycles. The Morgan fingerprint density at radius 3 is 2.37 bits per heavy atom. The van der Waals surface area contributed by atoms with Gasteiger partial charge < -0.3 is 15.7 Å². The first kappa shape index (κ1) is 18.2. The SMILES string of the molecule is CCNC(=NCC(C)CO)NC(C)CCCC(C)C. The van der Waals surface area contributed by atoms with Crippen LogP contribution in [0.1, 0.15) is 53.9 Å². The summed E-state index contributed by atoms with van der Waals surface area (Å²) in [5, 5.41) is 15.7. The van der Waals surface area contributed by atoms with Gasteiger partial charge in [-0.1, -0.05) is 33.6 Å². The summed E-state index contributed by atoms with van der Waals surface area (Å²) in [4.78, 5) is 4.50. The van der Waals surface area contributed by atoms with Crippen LogP contribution in [0.5, 0.6) is 0 Å². The lowest BCUT2D eigenvalue weighted by atomic mass is 10.0. The Morgan fingerprint density at radius 2 is 1.84 bits per heavy atom. The Labute approximate surface area is 119 Å². The average molecular weight is 271 g/mol. The second-order valence-electron chi connectivity index (χ2n) is 5.88. The minimum absolute atomic E-state index is 0.187. The number of hydrogen-bond acceptors (Lipinski definition) is 2. The van der Waals surface area contributed by atoms with Crippen molar-refractivity contribution in [3.05, 3.63) is 0 Å². The first-order valence-corrected chi connectivity index (χ1v) is 7.65. The van der Waals surface area contributed by atoms with Crippen molar-refractivity contribution in [1.82, 2.24) is 10.6 Å². The maximum atomic E-state index is 9.02. The van der Waals surface area contributed by atoms with E-state index >= 15 is 0 Å². The van der Waals surface area contributed by atoms with Gasteiger partial charge in [-0.2, -0.15) is 0 Å². The maximum Gasteiger partial charge on any atom is 0.191 e. The van der Waals surface area contributed by atoms with E-state index in [0.717, 1.165) is 24.8 Å². The van der Waals surface area contributed by atoms with Crippen LogP contribution in [0.2, 0.25) is 0 Å². The van der Waals surface area contributed by atoms with E-state index in [1.165, 1.54) is 12.8 Å². The summed E-state index contributed by atoms with van der Waals surface area (Å²) in [5.41, 5.74) is 0. The molecule has 0 aromatic rings. The van der Waals surface area contributed by atoms with Gasteiger partial charge in [0.25, 0.3) is 0 Å². The van der Waals surface area contributed by atoms with Crippen LogP contribution in [-0.4, -0.2) is 36.8 Å². The molecule has 114 valence electrons. The molecule has 4 heteroatoms. The molecular weight excluding hydrogens is 238 g/mol. The number of hydrogen-bond donors (Lipinski definition) is 3. The highest BCUT2D eigenvalue weighted by atomic mass is 16.3. The smallest absolute Gasteiger partial charge is 0.191 e. The van der Waals surface area contributed by atoms with Crippen LogP contribution < -0.4 is 10.6 Å². The lowest BCUT2D eigenvalue weighted by Gasteiger charge is -2.18. The Balaban J connectivity index is 4.09. The van der Waals surface area contributed by atoms with Crippen molar-refractivity contribution in [2.45, 2.75) is 59.9 Å². The number of nitrogens with zero attached hydrogens (tertiary/aromatic N) is 1. The van der Waals surface area contributed by atoms with E-state index in [9.17, 15) is 0 Å². The molecule has 19 heavy (non-hydrogen) atoms. The standard InChI is InChI=1S/C15H33N3O/c1-6-16-15(17-10-13(4)11-19)18-14(5)9-7-8-12(2)3/h12-14,19H,6-11H2,1-5H3,(H2,16,17,18). The topological polar surface area (TPSA) is 56.7 Å². The zero-order chi connectivity index (χ0) is 14.7. The van der Waals surface area contributed by atoms with E-state index in [1.54, 1.807) is 0 Å². The average Bonchev–Trinajstić information content (AvgIpc) is 2.35. The van der Waals surface area contributed by atoms with Crippen LogP contribution in [0, 0.1) is 11.8 Å². The first-order chi connectivity index (χ1) is 8.99. The molecule has 0 aliphatic rings. The van der Waals surface area contributed by atoms with Crippen molar-refractivity contribution in [2.24, 2.45) is 16.8 Å². The van der Waals surface area contributed by atoms with Gasteiger partial charge in [0.2, 0.25) is 0 Å². The Kier molecular flexibility index (Phi) is 10.6. The summed E-state index contributed by atoms with van der Waals surface area (Å²) in [6.45, 7) is 12.5. The Morgan fingerprint density at radius 1 is 1.16 bits per heavy atom. The molecule has 0 heterocycles. The number of guanidine groups is 1. The highest BCUT2D eigenvalue weighted by molar-refractivity contribution is 5.80. The van der Waals surface area contributed by atoms with Crippen LogP contribution in [0.25, 0.3) is 0 Å². The zero-order valence-electron chi connectivity index (χ0n) is 13.4. The molecule has 0 radical (unpaired) electrons.